The molecule has 0 saturated carbocycles. The summed E-state index contributed by atoms with van der Waals surface area (Å²) in [6, 6.07) is 12.1. The number of hydrogen-bond donors (Lipinski definition) is 6. The molecular weight excluding hydrogens is 767 g/mol. The van der Waals surface area contributed by atoms with Gasteiger partial charge in [0.05, 0.1) is 13.2 Å². The Morgan fingerprint density at radius 2 is 1.68 bits per heavy atom. The molecule has 0 bridgehead atoms. The van der Waals surface area contributed by atoms with Crippen molar-refractivity contribution in [3.05, 3.63) is 53.6 Å². The number of anilines is 1. The number of ether oxygens (including phenoxy) is 3. The second-order valence-corrected chi connectivity index (χ2v) is 7.93. The minimum Gasteiger partial charge on any atom is -0.522 e. The van der Waals surface area contributed by atoms with Crippen LogP contribution in [0.5, 0.6) is 11.5 Å². The molecule has 0 atom stereocenters. The third-order valence-electron chi connectivity index (χ3n) is 4.60. The average Bonchev–Trinajstić information content (AvgIpc) is 2.91. The smallest absolute Gasteiger partial charge is 0.329 e. The van der Waals surface area contributed by atoms with E-state index in [-0.39, 0.29) is 32.3 Å². The minimum absolute atomic E-state index is 0. The van der Waals surface area contributed by atoms with Gasteiger partial charge >= 0.3 is 12.0 Å². The van der Waals surface area contributed by atoms with Crippen molar-refractivity contribution < 1.29 is 38.5 Å². The molecule has 0 aliphatic carbocycles. The first-order chi connectivity index (χ1) is 18.8. The number of urea groups is 1. The van der Waals surface area contributed by atoms with Crippen LogP contribution in [0, 0.1) is 0 Å². The monoisotopic (exact) mass is 803 g/mol. The molecule has 13 nitrogen and oxygen atoms in total. The fourth-order valence-electron chi connectivity index (χ4n) is 2.89. The Hall–Kier alpha value is -5.36. The van der Waals surface area contributed by atoms with E-state index >= 15 is 0 Å². The Morgan fingerprint density at radius 1 is 1.00 bits per heavy atom. The number of amides is 4. The molecule has 0 spiro atoms. The number of carboxylic acids is 1. The van der Waals surface area contributed by atoms with Gasteiger partial charge in [-0.15, -0.1) is 0 Å². The zero-order valence-corrected chi connectivity index (χ0v) is 24.6. The number of nitrogens with two attached hydrogens (primary N) is 2. The Balaban J connectivity index is 0.00000168. The maximum absolute atomic E-state index is 11.6. The van der Waals surface area contributed by atoms with Crippen LogP contribution in [0.3, 0.4) is 0 Å². The first kappa shape index (κ1) is 34.6. The molecule has 2 rings (SSSR count). The molecule has 0 aliphatic rings. The van der Waals surface area contributed by atoms with Crippen LogP contribution in [0.25, 0.3) is 0 Å². The van der Waals surface area contributed by atoms with E-state index in [9.17, 15) is 19.2 Å². The molecule has 40 heavy (non-hydrogen) atoms. The van der Waals surface area contributed by atoms with Crippen LogP contribution >= 0.6 is 0 Å². The second kappa shape index (κ2) is 20.7. The molecule has 2 aromatic carbocycles. The molecule has 0 aliphatic heterocycles. The SMILES string of the molecule is CCCNC(N)=O.NCCOc1cc(CCOCC(=O)O)cc(OCc2ccc(NC(=O)CN[C-]=O)cc2)c1.[Fm]. The summed E-state index contributed by atoms with van der Waals surface area (Å²) in [7, 11) is 0. The molecule has 0 aromatic heterocycles. The van der Waals surface area contributed by atoms with Gasteiger partial charge in [0.2, 0.25) is 5.91 Å². The number of nitrogens with one attached hydrogen (secondary N) is 3. The van der Waals surface area contributed by atoms with E-state index in [4.69, 9.17) is 30.8 Å². The Morgan fingerprint density at radius 3 is 2.23 bits per heavy atom. The van der Waals surface area contributed by atoms with Crippen LogP contribution in [0.4, 0.5) is 10.5 Å². The van der Waals surface area contributed by atoms with E-state index in [2.05, 4.69) is 16.0 Å². The summed E-state index contributed by atoms with van der Waals surface area (Å²) in [5.74, 6) is -0.191. The van der Waals surface area contributed by atoms with E-state index in [0.717, 1.165) is 17.5 Å². The number of benzene rings is 2. The summed E-state index contributed by atoms with van der Waals surface area (Å²) in [6.45, 7) is 3.40. The van der Waals surface area contributed by atoms with Crippen LogP contribution in [-0.4, -0.2) is 68.9 Å². The van der Waals surface area contributed by atoms with Gasteiger partial charge in [0, 0.05) is 24.8 Å². The molecule has 226 valence electrons. The van der Waals surface area contributed by atoms with Gasteiger partial charge in [0.15, 0.2) is 0 Å². The number of carboxylic acid groups (broad SMARTS) is 1. The molecule has 0 saturated heterocycles. The second-order valence-electron chi connectivity index (χ2n) is 7.93. The number of primary amides is 1. The van der Waals surface area contributed by atoms with Crippen LogP contribution in [-0.2, 0) is 32.1 Å². The van der Waals surface area contributed by atoms with E-state index < -0.39 is 12.0 Å². The maximum Gasteiger partial charge on any atom is 0.329 e. The normalized spacial score (nSPS) is 9.65. The van der Waals surface area contributed by atoms with Crippen molar-refractivity contribution in [3.63, 3.8) is 0 Å². The van der Waals surface area contributed by atoms with Crippen molar-refractivity contribution in [3.8, 4) is 11.5 Å². The molecule has 4 amide bonds. The topological polar surface area (TPSA) is 204 Å². The summed E-state index contributed by atoms with van der Waals surface area (Å²) in [6.07, 6.45) is 2.87. The Bertz CT molecular complexity index is 1040. The van der Waals surface area contributed by atoms with Gasteiger partial charge in [-0.2, -0.15) is 6.41 Å². The van der Waals surface area contributed by atoms with Crippen LogP contribution in [0.15, 0.2) is 42.5 Å². The van der Waals surface area contributed by atoms with E-state index in [1.165, 1.54) is 6.41 Å². The summed E-state index contributed by atoms with van der Waals surface area (Å²) in [5, 5.41) is 15.9. The molecule has 14 heteroatoms. The van der Waals surface area contributed by atoms with Gasteiger partial charge in [-0.3, -0.25) is 4.79 Å². The molecule has 0 fully saturated rings. The van der Waals surface area contributed by atoms with Gasteiger partial charge in [0.1, 0.15) is 31.3 Å². The Kier molecular flexibility index (Phi) is 17.9. The third-order valence-corrected chi connectivity index (χ3v) is 4.60. The molecule has 0 heterocycles. The molecule has 0 unspecified atom stereocenters. The van der Waals surface area contributed by atoms with E-state index in [0.29, 0.717) is 43.3 Å². The molecule has 2 aromatic rings. The number of hydrogen-bond acceptors (Lipinski definition) is 8. The number of carbonyl (C=O) groups excluding carboxylic acids is 3. The van der Waals surface area contributed by atoms with Gasteiger partial charge in [-0.1, -0.05) is 19.1 Å². The summed E-state index contributed by atoms with van der Waals surface area (Å²) in [5.41, 5.74) is 12.6. The van der Waals surface area contributed by atoms with Gasteiger partial charge in [-0.25, -0.2) is 9.59 Å². The van der Waals surface area contributed by atoms with Crippen molar-refractivity contribution in [2.24, 2.45) is 11.5 Å². The third kappa shape index (κ3) is 16.4. The maximum atomic E-state index is 11.6. The zero-order valence-electron chi connectivity index (χ0n) is 22.2. The quantitative estimate of drug-likeness (QED) is 0.0764. The van der Waals surface area contributed by atoms with Crippen LogP contribution in [0.2, 0.25) is 0 Å². The fourth-order valence-corrected chi connectivity index (χ4v) is 2.89. The van der Waals surface area contributed by atoms with Gasteiger partial charge in [0.25, 0.3) is 0 Å². The van der Waals surface area contributed by atoms with Crippen molar-refractivity contribution in [2.45, 2.75) is 26.4 Å². The van der Waals surface area contributed by atoms with E-state index in [1.807, 2.05) is 31.2 Å². The minimum atomic E-state index is -1.02. The largest absolute Gasteiger partial charge is 0.522 e. The number of carbonyl (C=O) groups is 3. The molecule has 8 N–H and O–H groups in total. The number of rotatable bonds is 17. The predicted octanol–water partition coefficient (Wildman–Crippen LogP) is 0.907. The Labute approximate surface area is 227 Å². The van der Waals surface area contributed by atoms with Crippen molar-refractivity contribution in [1.82, 2.24) is 10.6 Å². The first-order valence-corrected chi connectivity index (χ1v) is 12.2. The summed E-state index contributed by atoms with van der Waals surface area (Å²) in [4.78, 5) is 42.1. The summed E-state index contributed by atoms with van der Waals surface area (Å²) >= 11 is 0. The van der Waals surface area contributed by atoms with Crippen molar-refractivity contribution in [2.75, 3.05) is 44.8 Å². The van der Waals surface area contributed by atoms with E-state index in [1.54, 1.807) is 18.2 Å². The van der Waals surface area contributed by atoms with Crippen molar-refractivity contribution >= 4 is 30.0 Å². The molecule has 0 radical (unpaired) electrons. The standard InChI is InChI=1S/C22H26N3O7.C4H10N2O.Fm/c23-6-8-31-19-9-17(5-7-30-14-22(28)29)10-20(11-19)32-13-16-1-3-18(4-2-16)25-21(27)12-24-15-26;1-2-3-6-4(5)7;/h1-4,9-11H,5-8,12-14,23H2,(H,24,26)(H,25,27)(H,28,29);2-3H2,1H3,(H3,5,6,7);/q-1;;. The zero-order chi connectivity index (χ0) is 28.9. The predicted molar refractivity (Wildman–Crippen MR) is 144 cm³/mol. The van der Waals surface area contributed by atoms with Crippen LogP contribution < -0.4 is 36.9 Å². The van der Waals surface area contributed by atoms with Crippen LogP contribution in [0.1, 0.15) is 24.5 Å². The van der Waals surface area contributed by atoms with Gasteiger partial charge in [-0.05, 0) is 48.2 Å². The fraction of sp³-hybridized carbons (Fsp3) is 0.385. The summed E-state index contributed by atoms with van der Waals surface area (Å²) < 4.78 is 16.6. The number of aliphatic carboxylic acids is 1. The first-order valence-electron chi connectivity index (χ1n) is 12.2. The van der Waals surface area contributed by atoms with Crippen molar-refractivity contribution in [1.29, 1.82) is 0 Å². The average molecular weight is 804 g/mol. The molecular formula is C26H36FmN5O8-. The van der Waals surface area contributed by atoms with Gasteiger partial charge < -0.3 is 51.5 Å².